The minimum absolute atomic E-state index is 0.0430. The van der Waals surface area contributed by atoms with Crippen LogP contribution in [0.2, 0.25) is 5.02 Å². The second-order valence-electron chi connectivity index (χ2n) is 5.76. The summed E-state index contributed by atoms with van der Waals surface area (Å²) in [6, 6.07) is 10.7. The SMILES string of the molecule is COC(=O)c1cc(NC(=O)COC(=O)Cc2ccccc2Cl)cc(C(=O)OC)c1. The van der Waals surface area contributed by atoms with Gasteiger partial charge in [0, 0.05) is 10.7 Å². The predicted molar refractivity (Wildman–Crippen MR) is 104 cm³/mol. The number of benzene rings is 2. The van der Waals surface area contributed by atoms with Crippen LogP contribution in [0.3, 0.4) is 0 Å². The number of ether oxygens (including phenoxy) is 3. The fourth-order valence-electron chi connectivity index (χ4n) is 2.36. The highest BCUT2D eigenvalue weighted by Gasteiger charge is 2.16. The van der Waals surface area contributed by atoms with Crippen molar-refractivity contribution in [1.29, 1.82) is 0 Å². The zero-order valence-electron chi connectivity index (χ0n) is 15.7. The van der Waals surface area contributed by atoms with Crippen LogP contribution in [0.15, 0.2) is 42.5 Å². The van der Waals surface area contributed by atoms with Gasteiger partial charge in [-0.2, -0.15) is 0 Å². The summed E-state index contributed by atoms with van der Waals surface area (Å²) in [5, 5.41) is 2.87. The number of carbonyl (C=O) groups is 4. The number of carbonyl (C=O) groups excluding carboxylic acids is 4. The molecule has 2 aromatic rings. The van der Waals surface area contributed by atoms with Gasteiger partial charge >= 0.3 is 17.9 Å². The van der Waals surface area contributed by atoms with E-state index in [2.05, 4.69) is 14.8 Å². The average molecular weight is 420 g/mol. The Morgan fingerprint density at radius 3 is 2.07 bits per heavy atom. The topological polar surface area (TPSA) is 108 Å². The van der Waals surface area contributed by atoms with E-state index < -0.39 is 30.4 Å². The number of hydrogen-bond donors (Lipinski definition) is 1. The van der Waals surface area contributed by atoms with Gasteiger partial charge in [-0.1, -0.05) is 29.8 Å². The second-order valence-corrected chi connectivity index (χ2v) is 6.17. The monoisotopic (exact) mass is 419 g/mol. The smallest absolute Gasteiger partial charge is 0.337 e. The molecule has 0 radical (unpaired) electrons. The summed E-state index contributed by atoms with van der Waals surface area (Å²) in [5.41, 5.74) is 0.802. The third-order valence-corrected chi connectivity index (χ3v) is 4.08. The van der Waals surface area contributed by atoms with Crippen molar-refractivity contribution in [2.24, 2.45) is 0 Å². The van der Waals surface area contributed by atoms with Crippen molar-refractivity contribution in [3.63, 3.8) is 0 Å². The lowest BCUT2D eigenvalue weighted by atomic mass is 10.1. The third kappa shape index (κ3) is 6.32. The maximum atomic E-state index is 12.1. The minimum atomic E-state index is -0.697. The van der Waals surface area contributed by atoms with Crippen LogP contribution in [-0.4, -0.2) is 44.6 Å². The molecule has 29 heavy (non-hydrogen) atoms. The first kappa shape index (κ1) is 21.9. The molecular weight excluding hydrogens is 402 g/mol. The number of halogens is 1. The minimum Gasteiger partial charge on any atom is -0.465 e. The number of hydrogen-bond acceptors (Lipinski definition) is 7. The van der Waals surface area contributed by atoms with Crippen LogP contribution in [0.1, 0.15) is 26.3 Å². The standard InChI is InChI=1S/C20H18ClNO7/c1-27-19(25)13-7-14(20(26)28-2)9-15(8-13)22-17(23)11-29-18(24)10-12-5-3-4-6-16(12)21/h3-9H,10-11H2,1-2H3,(H,22,23). The van der Waals surface area contributed by atoms with E-state index in [0.717, 1.165) is 0 Å². The first-order valence-corrected chi connectivity index (χ1v) is 8.72. The summed E-state index contributed by atoms with van der Waals surface area (Å²) >= 11 is 5.98. The quantitative estimate of drug-likeness (QED) is 0.542. The molecule has 0 aliphatic heterocycles. The van der Waals surface area contributed by atoms with Crippen molar-refractivity contribution in [1.82, 2.24) is 0 Å². The number of methoxy groups -OCH3 is 2. The van der Waals surface area contributed by atoms with E-state index in [1.807, 2.05) is 0 Å². The van der Waals surface area contributed by atoms with E-state index >= 15 is 0 Å². The summed E-state index contributed by atoms with van der Waals surface area (Å²) in [4.78, 5) is 47.5. The highest BCUT2D eigenvalue weighted by molar-refractivity contribution is 6.31. The highest BCUT2D eigenvalue weighted by Crippen LogP contribution is 2.18. The van der Waals surface area contributed by atoms with Crippen molar-refractivity contribution < 1.29 is 33.4 Å². The largest absolute Gasteiger partial charge is 0.465 e. The molecule has 0 aliphatic rings. The zero-order chi connectivity index (χ0) is 21.4. The lowest BCUT2D eigenvalue weighted by Crippen LogP contribution is -2.22. The molecule has 0 heterocycles. The molecule has 0 saturated heterocycles. The maximum Gasteiger partial charge on any atom is 0.337 e. The van der Waals surface area contributed by atoms with Crippen LogP contribution < -0.4 is 5.32 Å². The van der Waals surface area contributed by atoms with Gasteiger partial charge in [-0.3, -0.25) is 9.59 Å². The summed E-state index contributed by atoms with van der Waals surface area (Å²) in [6.07, 6.45) is -0.0860. The van der Waals surface area contributed by atoms with E-state index in [1.165, 1.54) is 32.4 Å². The van der Waals surface area contributed by atoms with Crippen LogP contribution in [0, 0.1) is 0 Å². The van der Waals surface area contributed by atoms with Crippen molar-refractivity contribution in [2.45, 2.75) is 6.42 Å². The molecule has 1 amide bonds. The van der Waals surface area contributed by atoms with Gasteiger partial charge in [-0.05, 0) is 29.8 Å². The normalized spacial score (nSPS) is 10.0. The number of anilines is 1. The Labute approximate surface area is 171 Å². The Hall–Kier alpha value is -3.39. The van der Waals surface area contributed by atoms with E-state index in [4.69, 9.17) is 16.3 Å². The Morgan fingerprint density at radius 1 is 0.931 bits per heavy atom. The third-order valence-electron chi connectivity index (χ3n) is 3.72. The van der Waals surface area contributed by atoms with Crippen molar-refractivity contribution >= 4 is 41.1 Å². The van der Waals surface area contributed by atoms with Crippen molar-refractivity contribution in [3.8, 4) is 0 Å². The molecule has 152 valence electrons. The summed E-state index contributed by atoms with van der Waals surface area (Å²) in [7, 11) is 2.37. The van der Waals surface area contributed by atoms with E-state index in [-0.39, 0.29) is 23.2 Å². The molecular formula is C20H18ClNO7. The second kappa shape index (κ2) is 10.2. The molecule has 0 aliphatic carbocycles. The Bertz CT molecular complexity index is 908. The number of nitrogens with one attached hydrogen (secondary N) is 1. The summed E-state index contributed by atoms with van der Waals surface area (Å²) in [5.74, 6) is -2.68. The molecule has 0 bridgehead atoms. The molecule has 1 N–H and O–H groups in total. The van der Waals surface area contributed by atoms with Crippen LogP contribution in [0.25, 0.3) is 0 Å². The fraction of sp³-hybridized carbons (Fsp3) is 0.200. The van der Waals surface area contributed by atoms with Gasteiger partial charge in [0.1, 0.15) is 0 Å². The Morgan fingerprint density at radius 2 is 1.52 bits per heavy atom. The molecule has 2 rings (SSSR count). The van der Waals surface area contributed by atoms with E-state index in [0.29, 0.717) is 10.6 Å². The van der Waals surface area contributed by atoms with Gasteiger partial charge in [0.25, 0.3) is 5.91 Å². The summed E-state index contributed by atoms with van der Waals surface area (Å²) < 4.78 is 14.2. The molecule has 0 aromatic heterocycles. The van der Waals surface area contributed by atoms with Crippen LogP contribution in [0.5, 0.6) is 0 Å². The molecule has 0 saturated carbocycles. The number of amides is 1. The van der Waals surface area contributed by atoms with E-state index in [9.17, 15) is 19.2 Å². The molecule has 0 fully saturated rings. The predicted octanol–water partition coefficient (Wildman–Crippen LogP) is 2.64. The van der Waals surface area contributed by atoms with Gasteiger partial charge in [-0.15, -0.1) is 0 Å². The molecule has 8 nitrogen and oxygen atoms in total. The Balaban J connectivity index is 2.02. The number of rotatable bonds is 7. The highest BCUT2D eigenvalue weighted by atomic mass is 35.5. The zero-order valence-corrected chi connectivity index (χ0v) is 16.4. The van der Waals surface area contributed by atoms with Crippen molar-refractivity contribution in [2.75, 3.05) is 26.1 Å². The first-order valence-electron chi connectivity index (χ1n) is 8.34. The lowest BCUT2D eigenvalue weighted by Gasteiger charge is -2.10. The van der Waals surface area contributed by atoms with Gasteiger partial charge in [0.05, 0.1) is 31.8 Å². The van der Waals surface area contributed by atoms with Crippen molar-refractivity contribution in [3.05, 3.63) is 64.2 Å². The van der Waals surface area contributed by atoms with Crippen LogP contribution in [0.4, 0.5) is 5.69 Å². The van der Waals surface area contributed by atoms with Crippen LogP contribution >= 0.6 is 11.6 Å². The fourth-order valence-corrected chi connectivity index (χ4v) is 2.57. The molecule has 0 spiro atoms. The Kier molecular flexibility index (Phi) is 7.73. The first-order chi connectivity index (χ1) is 13.8. The van der Waals surface area contributed by atoms with Crippen LogP contribution in [-0.2, 0) is 30.2 Å². The van der Waals surface area contributed by atoms with Gasteiger partial charge < -0.3 is 19.5 Å². The lowest BCUT2D eigenvalue weighted by molar-refractivity contribution is -0.146. The number of esters is 3. The molecule has 0 unspecified atom stereocenters. The summed E-state index contributed by atoms with van der Waals surface area (Å²) in [6.45, 7) is -0.556. The van der Waals surface area contributed by atoms with Gasteiger partial charge in [0.15, 0.2) is 6.61 Å². The average Bonchev–Trinajstić information content (AvgIpc) is 2.72. The maximum absolute atomic E-state index is 12.1. The molecule has 9 heteroatoms. The van der Waals surface area contributed by atoms with E-state index in [1.54, 1.807) is 24.3 Å². The molecule has 2 aromatic carbocycles. The van der Waals surface area contributed by atoms with Gasteiger partial charge in [0.2, 0.25) is 0 Å². The molecule has 0 atom stereocenters. The van der Waals surface area contributed by atoms with Gasteiger partial charge in [-0.25, -0.2) is 9.59 Å².